The topological polar surface area (TPSA) is 64.0 Å². The highest BCUT2D eigenvalue weighted by atomic mass is 16.2. The highest BCUT2D eigenvalue weighted by Crippen LogP contribution is 2.55. The summed E-state index contributed by atoms with van der Waals surface area (Å²) in [5, 5.41) is 7.32. The Balaban J connectivity index is 1.39. The quantitative estimate of drug-likeness (QED) is 0.712. The van der Waals surface area contributed by atoms with Crippen LogP contribution in [0.1, 0.15) is 64.3 Å². The number of nitrogens with zero attached hydrogens (tertiary/aromatic N) is 2. The van der Waals surface area contributed by atoms with Crippen molar-refractivity contribution in [2.75, 3.05) is 6.54 Å². The maximum absolute atomic E-state index is 12.8. The molecule has 0 saturated heterocycles. The molecule has 5 nitrogen and oxygen atoms in total. The van der Waals surface area contributed by atoms with Crippen LogP contribution in [0.4, 0.5) is 0 Å². The fourth-order valence-electron chi connectivity index (χ4n) is 5.22. The van der Waals surface area contributed by atoms with Gasteiger partial charge in [0.05, 0.1) is 0 Å². The predicted octanol–water partition coefficient (Wildman–Crippen LogP) is 3.68. The number of aromatic nitrogens is 2. The lowest BCUT2D eigenvalue weighted by Gasteiger charge is -2.45. The first-order valence-corrected chi connectivity index (χ1v) is 10.7. The van der Waals surface area contributed by atoms with Gasteiger partial charge in [-0.05, 0) is 47.1 Å². The van der Waals surface area contributed by atoms with Gasteiger partial charge < -0.3 is 5.32 Å². The van der Waals surface area contributed by atoms with Crippen LogP contribution in [0.5, 0.6) is 0 Å². The van der Waals surface area contributed by atoms with Crippen LogP contribution in [-0.2, 0) is 6.54 Å². The first kappa shape index (κ1) is 18.8. The Labute approximate surface area is 175 Å². The maximum Gasteiger partial charge on any atom is 0.271 e. The number of aryl methyl sites for hydroxylation is 1. The molecule has 1 atom stereocenters. The minimum absolute atomic E-state index is 0.175. The van der Waals surface area contributed by atoms with Crippen LogP contribution in [0, 0.1) is 5.92 Å². The zero-order valence-electron chi connectivity index (χ0n) is 17.0. The first-order valence-electron chi connectivity index (χ1n) is 10.7. The van der Waals surface area contributed by atoms with Gasteiger partial charge in [-0.3, -0.25) is 9.59 Å². The molecule has 1 unspecified atom stereocenters. The van der Waals surface area contributed by atoms with Crippen molar-refractivity contribution in [3.05, 3.63) is 99.0 Å². The molecule has 3 aromatic rings. The number of carbonyl (C=O) groups excluding carboxylic acids is 1. The lowest BCUT2D eigenvalue weighted by Crippen LogP contribution is -2.40. The fourth-order valence-corrected chi connectivity index (χ4v) is 5.22. The third-order valence-corrected chi connectivity index (χ3v) is 6.48. The molecule has 0 fully saturated rings. The summed E-state index contributed by atoms with van der Waals surface area (Å²) in [7, 11) is 0. The molecule has 30 heavy (non-hydrogen) atoms. The molecule has 2 bridgehead atoms. The van der Waals surface area contributed by atoms with Gasteiger partial charge in [0.1, 0.15) is 5.69 Å². The summed E-state index contributed by atoms with van der Waals surface area (Å²) in [6.07, 6.45) is 1.82. The van der Waals surface area contributed by atoms with E-state index in [2.05, 4.69) is 58.9 Å². The van der Waals surface area contributed by atoms with Crippen LogP contribution in [0.3, 0.4) is 0 Å². The number of fused-ring (bicyclic) bond motifs is 1. The van der Waals surface area contributed by atoms with Crippen LogP contribution >= 0.6 is 0 Å². The van der Waals surface area contributed by atoms with Gasteiger partial charge in [0.15, 0.2) is 0 Å². The molecule has 0 radical (unpaired) electrons. The van der Waals surface area contributed by atoms with Crippen molar-refractivity contribution in [2.24, 2.45) is 5.92 Å². The molecule has 1 N–H and O–H groups in total. The minimum Gasteiger partial charge on any atom is -0.350 e. The number of nitrogens with one attached hydrogen (secondary N) is 1. The summed E-state index contributed by atoms with van der Waals surface area (Å²) in [5.74, 6) is 0.798. The van der Waals surface area contributed by atoms with Gasteiger partial charge in [0.2, 0.25) is 0 Å². The van der Waals surface area contributed by atoms with E-state index in [4.69, 9.17) is 0 Å². The Hall–Kier alpha value is -3.21. The predicted molar refractivity (Wildman–Crippen MR) is 116 cm³/mol. The smallest absolute Gasteiger partial charge is 0.271 e. The molecular weight excluding hydrogens is 374 g/mol. The zero-order valence-corrected chi connectivity index (χ0v) is 17.0. The van der Waals surface area contributed by atoms with E-state index in [0.717, 1.165) is 12.8 Å². The van der Waals surface area contributed by atoms with Gasteiger partial charge in [-0.25, -0.2) is 4.68 Å². The van der Waals surface area contributed by atoms with E-state index in [0.29, 0.717) is 36.5 Å². The highest BCUT2D eigenvalue weighted by Gasteiger charge is 2.42. The summed E-state index contributed by atoms with van der Waals surface area (Å²) >= 11 is 0. The second kappa shape index (κ2) is 7.56. The molecule has 0 aliphatic heterocycles. The van der Waals surface area contributed by atoms with Crippen molar-refractivity contribution in [3.8, 4) is 0 Å². The van der Waals surface area contributed by atoms with Crippen LogP contribution < -0.4 is 10.9 Å². The Morgan fingerprint density at radius 1 is 1.00 bits per heavy atom. The Morgan fingerprint density at radius 2 is 1.63 bits per heavy atom. The summed E-state index contributed by atoms with van der Waals surface area (Å²) < 4.78 is 1.37. The molecule has 3 aliphatic rings. The molecule has 1 aromatic heterocycles. The number of carbonyl (C=O) groups is 1. The normalized spacial score (nSPS) is 21.0. The van der Waals surface area contributed by atoms with Crippen molar-refractivity contribution >= 4 is 5.91 Å². The molecular formula is C25H25N3O2. The second-order valence-corrected chi connectivity index (χ2v) is 8.27. The lowest BCUT2D eigenvalue weighted by molar-refractivity contribution is 0.0935. The van der Waals surface area contributed by atoms with E-state index >= 15 is 0 Å². The minimum atomic E-state index is -0.220. The average molecular weight is 399 g/mol. The van der Waals surface area contributed by atoms with Gasteiger partial charge in [0, 0.05) is 31.0 Å². The fraction of sp³-hybridized carbons (Fsp3) is 0.320. The lowest BCUT2D eigenvalue weighted by atomic mass is 9.59. The monoisotopic (exact) mass is 399 g/mol. The molecule has 0 saturated carbocycles. The molecule has 3 aliphatic carbocycles. The van der Waals surface area contributed by atoms with Gasteiger partial charge >= 0.3 is 0 Å². The molecule has 1 amide bonds. The first-order chi connectivity index (χ1) is 14.7. The second-order valence-electron chi connectivity index (χ2n) is 8.27. The van der Waals surface area contributed by atoms with E-state index in [-0.39, 0.29) is 11.5 Å². The van der Waals surface area contributed by atoms with Crippen molar-refractivity contribution < 1.29 is 4.79 Å². The number of hydrogen-bond acceptors (Lipinski definition) is 3. The van der Waals surface area contributed by atoms with Crippen molar-refractivity contribution in [3.63, 3.8) is 0 Å². The SMILES string of the molecule is CCCn1nc(C(=O)NCC2CC3c4ccccc4C2c2ccccc23)ccc1=O. The maximum atomic E-state index is 12.8. The van der Waals surface area contributed by atoms with Crippen molar-refractivity contribution in [1.29, 1.82) is 0 Å². The molecule has 152 valence electrons. The third kappa shape index (κ3) is 3.05. The molecule has 2 aromatic carbocycles. The van der Waals surface area contributed by atoms with E-state index < -0.39 is 0 Å². The Kier molecular flexibility index (Phi) is 4.74. The summed E-state index contributed by atoms with van der Waals surface area (Å²) in [5.41, 5.74) is 5.76. The third-order valence-electron chi connectivity index (χ3n) is 6.48. The average Bonchev–Trinajstić information content (AvgIpc) is 2.79. The summed E-state index contributed by atoms with van der Waals surface area (Å²) in [6, 6.07) is 20.4. The van der Waals surface area contributed by atoms with Gasteiger partial charge in [-0.1, -0.05) is 55.5 Å². The van der Waals surface area contributed by atoms with E-state index in [1.54, 1.807) is 0 Å². The van der Waals surface area contributed by atoms with Crippen LogP contribution in [0.15, 0.2) is 65.5 Å². The summed E-state index contributed by atoms with van der Waals surface area (Å²) in [6.45, 7) is 3.09. The van der Waals surface area contributed by atoms with Crippen LogP contribution in [-0.4, -0.2) is 22.2 Å². The van der Waals surface area contributed by atoms with E-state index in [1.165, 1.54) is 39.1 Å². The zero-order chi connectivity index (χ0) is 20.7. The Morgan fingerprint density at radius 3 is 2.27 bits per heavy atom. The van der Waals surface area contributed by atoms with E-state index in [1.807, 2.05) is 6.92 Å². The summed E-state index contributed by atoms with van der Waals surface area (Å²) in [4.78, 5) is 24.6. The van der Waals surface area contributed by atoms with E-state index in [9.17, 15) is 9.59 Å². The van der Waals surface area contributed by atoms with Gasteiger partial charge in [0.25, 0.3) is 11.5 Å². The molecule has 1 heterocycles. The largest absolute Gasteiger partial charge is 0.350 e. The number of rotatable bonds is 5. The van der Waals surface area contributed by atoms with Gasteiger partial charge in [-0.15, -0.1) is 0 Å². The standard InChI is InChI=1S/C25H25N3O2/c1-2-13-28-23(29)12-11-22(27-28)25(30)26-15-16-14-21-17-7-3-5-9-19(17)24(16)20-10-6-4-8-18(20)21/h3-12,16,21,24H,2,13-15H2,1H3,(H,26,30). The van der Waals surface area contributed by atoms with Gasteiger partial charge in [-0.2, -0.15) is 5.10 Å². The van der Waals surface area contributed by atoms with Crippen molar-refractivity contribution in [2.45, 2.75) is 38.1 Å². The van der Waals surface area contributed by atoms with Crippen LogP contribution in [0.2, 0.25) is 0 Å². The molecule has 5 heteroatoms. The Bertz CT molecular complexity index is 1120. The number of benzene rings is 2. The number of hydrogen-bond donors (Lipinski definition) is 1. The van der Waals surface area contributed by atoms with Crippen LogP contribution in [0.25, 0.3) is 0 Å². The van der Waals surface area contributed by atoms with Crippen molar-refractivity contribution in [1.82, 2.24) is 15.1 Å². The number of amides is 1. The highest BCUT2D eigenvalue weighted by molar-refractivity contribution is 5.92. The molecule has 6 rings (SSSR count). The molecule has 0 spiro atoms.